The van der Waals surface area contributed by atoms with E-state index in [1.807, 2.05) is 19.1 Å². The number of carbonyl (C=O) groups excluding carboxylic acids is 1. The minimum absolute atomic E-state index is 0.0638. The highest BCUT2D eigenvalue weighted by Crippen LogP contribution is 2.41. The molecule has 5 nitrogen and oxygen atoms in total. The normalized spacial score (nSPS) is 26.3. The summed E-state index contributed by atoms with van der Waals surface area (Å²) in [7, 11) is 0. The molecule has 6 heteroatoms. The largest absolute Gasteiger partial charge is 0.459 e. The summed E-state index contributed by atoms with van der Waals surface area (Å²) < 4.78 is 11.9. The molecule has 0 bridgehead atoms. The van der Waals surface area contributed by atoms with Gasteiger partial charge in [0, 0.05) is 36.0 Å². The van der Waals surface area contributed by atoms with Gasteiger partial charge in [-0.05, 0) is 50.1 Å². The van der Waals surface area contributed by atoms with E-state index in [2.05, 4.69) is 16.8 Å². The number of hydrogen-bond donors (Lipinski definition) is 2. The van der Waals surface area contributed by atoms with E-state index < -0.39 is 6.29 Å². The predicted octanol–water partition coefficient (Wildman–Crippen LogP) is 3.95. The lowest BCUT2D eigenvalue weighted by Gasteiger charge is -2.36. The Hall–Kier alpha value is -1.37. The van der Waals surface area contributed by atoms with Gasteiger partial charge in [-0.3, -0.25) is 4.79 Å². The van der Waals surface area contributed by atoms with Crippen molar-refractivity contribution in [2.75, 3.05) is 13.2 Å². The fourth-order valence-corrected chi connectivity index (χ4v) is 4.95. The first-order valence-electron chi connectivity index (χ1n) is 10.2. The van der Waals surface area contributed by atoms with Crippen LogP contribution in [0.25, 0.3) is 0 Å². The zero-order valence-electron chi connectivity index (χ0n) is 16.1. The molecule has 0 radical (unpaired) electrons. The fraction of sp³-hybridized carbons (Fsp3) is 0.667. The molecule has 1 amide bonds. The van der Waals surface area contributed by atoms with Crippen molar-refractivity contribution in [2.45, 2.75) is 70.1 Å². The van der Waals surface area contributed by atoms with Crippen LogP contribution in [-0.2, 0) is 14.3 Å². The van der Waals surface area contributed by atoms with Crippen molar-refractivity contribution in [1.29, 1.82) is 0 Å². The zero-order chi connectivity index (χ0) is 19.1. The van der Waals surface area contributed by atoms with Gasteiger partial charge in [0.15, 0.2) is 5.76 Å². The van der Waals surface area contributed by atoms with E-state index in [4.69, 9.17) is 9.47 Å². The molecule has 1 aliphatic carbocycles. The van der Waals surface area contributed by atoms with Crippen molar-refractivity contribution in [3.63, 3.8) is 0 Å². The second-order valence-electron chi connectivity index (χ2n) is 7.35. The number of hydrogen-bond acceptors (Lipinski definition) is 5. The Kier molecular flexibility index (Phi) is 7.73. The van der Waals surface area contributed by atoms with Crippen molar-refractivity contribution in [1.82, 2.24) is 5.32 Å². The molecule has 1 saturated carbocycles. The molecular weight excluding hydrogens is 362 g/mol. The van der Waals surface area contributed by atoms with E-state index >= 15 is 0 Å². The molecule has 1 aromatic heterocycles. The molecule has 2 aliphatic rings. The number of thiophene rings is 1. The number of allylic oxidation sites excluding steroid dienone is 1. The SMILES string of the molecule is CCO[C@H]1OC(C(=O)NC2CCCCC2)=C[C@@H](c2cccs2)[C@H]1CCCO. The van der Waals surface area contributed by atoms with E-state index in [0.717, 1.165) is 19.3 Å². The van der Waals surface area contributed by atoms with E-state index in [0.29, 0.717) is 18.8 Å². The Bertz CT molecular complexity index is 610. The summed E-state index contributed by atoms with van der Waals surface area (Å²) in [5, 5.41) is 14.5. The standard InChI is InChI=1S/C21H31NO4S/c1-2-25-21-16(10-6-12-23)17(19-11-7-13-27-19)14-18(26-21)20(24)22-15-8-4-3-5-9-15/h7,11,13-17,21,23H,2-6,8-10,12H2,1H3,(H,22,24)/t16-,17-,21+/m1/s1. The van der Waals surface area contributed by atoms with Crippen LogP contribution in [0.3, 0.4) is 0 Å². The second-order valence-corrected chi connectivity index (χ2v) is 8.33. The number of aliphatic hydroxyl groups excluding tert-OH is 1. The molecule has 1 fully saturated rings. The van der Waals surface area contributed by atoms with Crippen LogP contribution >= 0.6 is 11.3 Å². The smallest absolute Gasteiger partial charge is 0.286 e. The maximum atomic E-state index is 12.9. The first-order valence-corrected chi connectivity index (χ1v) is 11.1. The lowest BCUT2D eigenvalue weighted by molar-refractivity contribution is -0.166. The molecule has 27 heavy (non-hydrogen) atoms. The third-order valence-electron chi connectivity index (χ3n) is 5.45. The Labute approximate surface area is 165 Å². The molecule has 1 aliphatic heterocycles. The molecule has 0 unspecified atom stereocenters. The highest BCUT2D eigenvalue weighted by Gasteiger charge is 2.38. The molecule has 1 aromatic rings. The fourth-order valence-electron chi connectivity index (χ4n) is 4.08. The van der Waals surface area contributed by atoms with Crippen molar-refractivity contribution in [3.8, 4) is 0 Å². The molecule has 3 rings (SSSR count). The Morgan fingerprint density at radius 2 is 2.19 bits per heavy atom. The van der Waals surface area contributed by atoms with Gasteiger partial charge in [0.1, 0.15) is 0 Å². The van der Waals surface area contributed by atoms with Gasteiger partial charge in [0.2, 0.25) is 6.29 Å². The molecular formula is C21H31NO4S. The summed E-state index contributed by atoms with van der Waals surface area (Å²) in [6.07, 6.45) is 8.66. The van der Waals surface area contributed by atoms with Crippen molar-refractivity contribution < 1.29 is 19.4 Å². The summed E-state index contributed by atoms with van der Waals surface area (Å²) in [6.45, 7) is 2.60. The average Bonchev–Trinajstić information content (AvgIpc) is 3.22. The van der Waals surface area contributed by atoms with Gasteiger partial charge in [-0.2, -0.15) is 0 Å². The molecule has 2 N–H and O–H groups in total. The van der Waals surface area contributed by atoms with E-state index in [-0.39, 0.29) is 30.4 Å². The third-order valence-corrected chi connectivity index (χ3v) is 6.42. The van der Waals surface area contributed by atoms with Crippen LogP contribution in [0.5, 0.6) is 0 Å². The molecule has 0 aromatic carbocycles. The number of rotatable bonds is 8. The molecule has 150 valence electrons. The lowest BCUT2D eigenvalue weighted by atomic mass is 9.84. The maximum Gasteiger partial charge on any atom is 0.286 e. The molecule has 0 saturated heterocycles. The van der Waals surface area contributed by atoms with E-state index in [9.17, 15) is 9.90 Å². The van der Waals surface area contributed by atoms with Crippen LogP contribution in [0.2, 0.25) is 0 Å². The lowest BCUT2D eigenvalue weighted by Crippen LogP contribution is -2.42. The van der Waals surface area contributed by atoms with Gasteiger partial charge in [-0.1, -0.05) is 25.3 Å². The number of aliphatic hydroxyl groups is 1. The minimum Gasteiger partial charge on any atom is -0.459 e. The molecule has 2 heterocycles. The van der Waals surface area contributed by atoms with E-state index in [1.54, 1.807) is 11.3 Å². The van der Waals surface area contributed by atoms with Gasteiger partial charge in [-0.15, -0.1) is 11.3 Å². The van der Waals surface area contributed by atoms with Crippen LogP contribution in [-0.4, -0.2) is 36.6 Å². The summed E-state index contributed by atoms with van der Waals surface area (Å²) in [6, 6.07) is 4.38. The summed E-state index contributed by atoms with van der Waals surface area (Å²) in [5.74, 6) is 0.391. The number of carbonyl (C=O) groups is 1. The minimum atomic E-state index is -0.467. The number of ether oxygens (including phenoxy) is 2. The monoisotopic (exact) mass is 393 g/mol. The number of amides is 1. The van der Waals surface area contributed by atoms with Crippen molar-refractivity contribution in [2.24, 2.45) is 5.92 Å². The average molecular weight is 394 g/mol. The first-order chi connectivity index (χ1) is 13.2. The van der Waals surface area contributed by atoms with Crippen molar-refractivity contribution >= 4 is 17.2 Å². The van der Waals surface area contributed by atoms with Crippen LogP contribution in [0.1, 0.15) is 62.7 Å². The highest BCUT2D eigenvalue weighted by molar-refractivity contribution is 7.10. The maximum absolute atomic E-state index is 12.9. The van der Waals surface area contributed by atoms with Gasteiger partial charge in [0.25, 0.3) is 5.91 Å². The van der Waals surface area contributed by atoms with Crippen LogP contribution in [0, 0.1) is 5.92 Å². The Morgan fingerprint density at radius 1 is 1.37 bits per heavy atom. The van der Waals surface area contributed by atoms with Crippen LogP contribution in [0.4, 0.5) is 0 Å². The second kappa shape index (κ2) is 10.2. The van der Waals surface area contributed by atoms with Gasteiger partial charge in [-0.25, -0.2) is 0 Å². The van der Waals surface area contributed by atoms with Crippen LogP contribution < -0.4 is 5.32 Å². The van der Waals surface area contributed by atoms with Crippen LogP contribution in [0.15, 0.2) is 29.3 Å². The topological polar surface area (TPSA) is 67.8 Å². The first kappa shape index (κ1) is 20.4. The summed E-state index contributed by atoms with van der Waals surface area (Å²) in [5.41, 5.74) is 0. The highest BCUT2D eigenvalue weighted by atomic mass is 32.1. The van der Waals surface area contributed by atoms with Crippen molar-refractivity contribution in [3.05, 3.63) is 34.2 Å². The summed E-state index contributed by atoms with van der Waals surface area (Å²) in [4.78, 5) is 14.1. The number of nitrogens with one attached hydrogen (secondary N) is 1. The molecule has 3 atom stereocenters. The quantitative estimate of drug-likeness (QED) is 0.702. The molecule has 0 spiro atoms. The third kappa shape index (κ3) is 5.33. The van der Waals surface area contributed by atoms with E-state index in [1.165, 1.54) is 24.1 Å². The predicted molar refractivity (Wildman–Crippen MR) is 106 cm³/mol. The summed E-state index contributed by atoms with van der Waals surface area (Å²) >= 11 is 1.69. The zero-order valence-corrected chi connectivity index (χ0v) is 16.9. The Morgan fingerprint density at radius 3 is 2.85 bits per heavy atom. The van der Waals surface area contributed by atoms with Gasteiger partial charge < -0.3 is 19.9 Å². The van der Waals surface area contributed by atoms with Gasteiger partial charge in [0.05, 0.1) is 0 Å². The Balaban J connectivity index is 1.80. The van der Waals surface area contributed by atoms with Gasteiger partial charge >= 0.3 is 0 Å².